The molecule has 1 aliphatic rings. The van der Waals surface area contributed by atoms with Gasteiger partial charge < -0.3 is 9.84 Å². The molecule has 114 valence electrons. The molecule has 1 aromatic rings. The summed E-state index contributed by atoms with van der Waals surface area (Å²) in [4.78, 5) is 4.73. The van der Waals surface area contributed by atoms with Gasteiger partial charge in [0.1, 0.15) is 6.61 Å². The zero-order valence-corrected chi connectivity index (χ0v) is 12.4. The van der Waals surface area contributed by atoms with Gasteiger partial charge in [-0.15, -0.1) is 6.42 Å². The van der Waals surface area contributed by atoms with Crippen LogP contribution in [0.4, 0.5) is 0 Å². The number of hydrogen-bond acceptors (Lipinski definition) is 4. The molecule has 1 saturated heterocycles. The van der Waals surface area contributed by atoms with Crippen molar-refractivity contribution in [2.75, 3.05) is 45.9 Å². The maximum atomic E-state index is 9.88. The van der Waals surface area contributed by atoms with Crippen LogP contribution in [-0.2, 0) is 11.3 Å². The van der Waals surface area contributed by atoms with E-state index in [-0.39, 0.29) is 6.61 Å². The van der Waals surface area contributed by atoms with E-state index in [0.29, 0.717) is 13.2 Å². The van der Waals surface area contributed by atoms with E-state index in [2.05, 4.69) is 40.0 Å². The summed E-state index contributed by atoms with van der Waals surface area (Å²) in [6.45, 7) is 6.28. The molecule has 1 fully saturated rings. The van der Waals surface area contributed by atoms with Crippen molar-refractivity contribution < 1.29 is 9.84 Å². The molecule has 1 atom stereocenters. The Hall–Kier alpha value is -1.38. The summed E-state index contributed by atoms with van der Waals surface area (Å²) in [5.74, 6) is 2.40. The fourth-order valence-corrected chi connectivity index (χ4v) is 2.58. The van der Waals surface area contributed by atoms with Crippen molar-refractivity contribution in [2.24, 2.45) is 0 Å². The van der Waals surface area contributed by atoms with Gasteiger partial charge in [0.2, 0.25) is 0 Å². The second-order valence-corrected chi connectivity index (χ2v) is 5.44. The molecular formula is C17H24N2O2. The molecule has 1 N–H and O–H groups in total. The van der Waals surface area contributed by atoms with Crippen LogP contribution < -0.4 is 0 Å². The predicted molar refractivity (Wildman–Crippen MR) is 83.8 cm³/mol. The predicted octanol–water partition coefficient (Wildman–Crippen LogP) is 0.815. The first kappa shape index (κ1) is 16.0. The number of terminal acetylenes is 1. The van der Waals surface area contributed by atoms with Crippen molar-refractivity contribution in [3.05, 3.63) is 35.9 Å². The Morgan fingerprint density at radius 3 is 2.48 bits per heavy atom. The third-order valence-electron chi connectivity index (χ3n) is 3.68. The first-order valence-corrected chi connectivity index (χ1v) is 7.46. The minimum atomic E-state index is -0.459. The number of hydrogen-bond donors (Lipinski definition) is 1. The lowest BCUT2D eigenvalue weighted by Crippen LogP contribution is -2.48. The number of aliphatic hydroxyl groups is 1. The van der Waals surface area contributed by atoms with E-state index in [1.807, 2.05) is 6.07 Å². The Bertz CT molecular complexity index is 436. The Labute approximate surface area is 127 Å². The molecule has 4 heteroatoms. The van der Waals surface area contributed by atoms with Crippen LogP contribution in [0.2, 0.25) is 0 Å². The molecule has 0 aromatic heterocycles. The highest BCUT2D eigenvalue weighted by atomic mass is 16.5. The van der Waals surface area contributed by atoms with Crippen LogP contribution in [0.25, 0.3) is 0 Å². The topological polar surface area (TPSA) is 35.9 Å². The summed E-state index contributed by atoms with van der Waals surface area (Å²) in [5, 5.41) is 9.88. The Kier molecular flexibility index (Phi) is 6.71. The van der Waals surface area contributed by atoms with E-state index >= 15 is 0 Å². The lowest BCUT2D eigenvalue weighted by atomic mass is 10.2. The quantitative estimate of drug-likeness (QED) is 0.595. The van der Waals surface area contributed by atoms with E-state index < -0.39 is 6.10 Å². The molecule has 0 aliphatic carbocycles. The maximum Gasteiger partial charge on any atom is 0.107 e. The lowest BCUT2D eigenvalue weighted by molar-refractivity contribution is 0.0154. The molecule has 1 heterocycles. The average Bonchev–Trinajstić information content (AvgIpc) is 2.51. The highest BCUT2D eigenvalue weighted by Crippen LogP contribution is 2.08. The second-order valence-electron chi connectivity index (χ2n) is 5.44. The number of nitrogens with zero attached hydrogens (tertiary/aromatic N) is 2. The van der Waals surface area contributed by atoms with Crippen LogP contribution in [-0.4, -0.2) is 66.9 Å². The van der Waals surface area contributed by atoms with Gasteiger partial charge in [0.25, 0.3) is 0 Å². The molecule has 1 aromatic carbocycles. The number of benzene rings is 1. The van der Waals surface area contributed by atoms with Crippen molar-refractivity contribution in [1.29, 1.82) is 0 Å². The number of rotatable bonds is 7. The van der Waals surface area contributed by atoms with Gasteiger partial charge in [-0.25, -0.2) is 0 Å². The zero-order chi connectivity index (χ0) is 14.9. The molecule has 0 saturated carbocycles. The molecule has 21 heavy (non-hydrogen) atoms. The molecule has 0 spiro atoms. The zero-order valence-electron chi connectivity index (χ0n) is 12.4. The van der Waals surface area contributed by atoms with Gasteiger partial charge >= 0.3 is 0 Å². The first-order chi connectivity index (χ1) is 10.3. The number of piperazine rings is 1. The number of β-amino-alcohol motifs (C(OH)–C–C–N with tert-alkyl or cyclic N) is 1. The minimum Gasteiger partial charge on any atom is -0.389 e. The summed E-state index contributed by atoms with van der Waals surface area (Å²) in [6.07, 6.45) is 4.65. The van der Waals surface area contributed by atoms with Crippen molar-refractivity contribution in [3.8, 4) is 12.3 Å². The first-order valence-electron chi connectivity index (χ1n) is 7.46. The SMILES string of the molecule is C#CCOC[C@@H](O)CN1CCN(Cc2ccccc2)CC1. The van der Waals surface area contributed by atoms with Gasteiger partial charge in [-0.3, -0.25) is 9.80 Å². The largest absolute Gasteiger partial charge is 0.389 e. The van der Waals surface area contributed by atoms with Crippen molar-refractivity contribution in [1.82, 2.24) is 9.80 Å². The Morgan fingerprint density at radius 1 is 1.14 bits per heavy atom. The van der Waals surface area contributed by atoms with Gasteiger partial charge in [0, 0.05) is 39.3 Å². The Balaban J connectivity index is 1.65. The standard InChI is InChI=1S/C17H24N2O2/c1-2-12-21-15-17(20)14-19-10-8-18(9-11-19)13-16-6-4-3-5-7-16/h1,3-7,17,20H,8-15H2/t17-/m0/s1. The Morgan fingerprint density at radius 2 is 1.81 bits per heavy atom. The number of ether oxygens (including phenoxy) is 1. The van der Waals surface area contributed by atoms with E-state index in [1.165, 1.54) is 5.56 Å². The third kappa shape index (κ3) is 5.86. The molecule has 0 radical (unpaired) electrons. The molecule has 1 aliphatic heterocycles. The molecule has 0 bridgehead atoms. The van der Waals surface area contributed by atoms with E-state index in [4.69, 9.17) is 11.2 Å². The lowest BCUT2D eigenvalue weighted by Gasteiger charge is -2.35. The van der Waals surface area contributed by atoms with Crippen LogP contribution in [0.3, 0.4) is 0 Å². The summed E-state index contributed by atoms with van der Waals surface area (Å²) in [5.41, 5.74) is 1.36. The van der Waals surface area contributed by atoms with Crippen LogP contribution in [0, 0.1) is 12.3 Å². The smallest absolute Gasteiger partial charge is 0.107 e. The van der Waals surface area contributed by atoms with E-state index in [9.17, 15) is 5.11 Å². The van der Waals surface area contributed by atoms with Crippen LogP contribution in [0.1, 0.15) is 5.56 Å². The highest BCUT2D eigenvalue weighted by Gasteiger charge is 2.19. The molecule has 4 nitrogen and oxygen atoms in total. The summed E-state index contributed by atoms with van der Waals surface area (Å²) < 4.78 is 5.16. The number of aliphatic hydroxyl groups excluding tert-OH is 1. The fourth-order valence-electron chi connectivity index (χ4n) is 2.58. The van der Waals surface area contributed by atoms with Crippen molar-refractivity contribution in [3.63, 3.8) is 0 Å². The van der Waals surface area contributed by atoms with E-state index in [1.54, 1.807) is 0 Å². The molecule has 2 rings (SSSR count). The van der Waals surface area contributed by atoms with Gasteiger partial charge in [0.05, 0.1) is 12.7 Å². The highest BCUT2D eigenvalue weighted by molar-refractivity contribution is 5.14. The third-order valence-corrected chi connectivity index (χ3v) is 3.68. The minimum absolute atomic E-state index is 0.266. The normalized spacial score (nSPS) is 18.3. The van der Waals surface area contributed by atoms with E-state index in [0.717, 1.165) is 32.7 Å². The summed E-state index contributed by atoms with van der Waals surface area (Å²) in [6, 6.07) is 10.5. The van der Waals surface area contributed by atoms with Crippen LogP contribution in [0.15, 0.2) is 30.3 Å². The monoisotopic (exact) mass is 288 g/mol. The van der Waals surface area contributed by atoms with Crippen LogP contribution >= 0.6 is 0 Å². The molecule has 0 amide bonds. The van der Waals surface area contributed by atoms with Crippen LogP contribution in [0.5, 0.6) is 0 Å². The maximum absolute atomic E-state index is 9.88. The van der Waals surface area contributed by atoms with Gasteiger partial charge in [-0.2, -0.15) is 0 Å². The summed E-state index contributed by atoms with van der Waals surface area (Å²) >= 11 is 0. The van der Waals surface area contributed by atoms with Gasteiger partial charge in [0.15, 0.2) is 0 Å². The van der Waals surface area contributed by atoms with Gasteiger partial charge in [-0.1, -0.05) is 36.3 Å². The second kappa shape index (κ2) is 8.81. The summed E-state index contributed by atoms with van der Waals surface area (Å²) in [7, 11) is 0. The van der Waals surface area contributed by atoms with Crippen molar-refractivity contribution >= 4 is 0 Å². The molecular weight excluding hydrogens is 264 g/mol. The van der Waals surface area contributed by atoms with Gasteiger partial charge in [-0.05, 0) is 5.56 Å². The fraction of sp³-hybridized carbons (Fsp3) is 0.529. The van der Waals surface area contributed by atoms with Crippen molar-refractivity contribution in [2.45, 2.75) is 12.6 Å². The average molecular weight is 288 g/mol. The molecule has 0 unspecified atom stereocenters.